The van der Waals surface area contributed by atoms with Crippen LogP contribution in [-0.2, 0) is 11.3 Å². The zero-order valence-corrected chi connectivity index (χ0v) is 10.5. The van der Waals surface area contributed by atoms with E-state index in [1.54, 1.807) is 10.9 Å². The summed E-state index contributed by atoms with van der Waals surface area (Å²) in [5.74, 6) is -0.00157. The number of aromatic nitrogens is 2. The third-order valence-corrected chi connectivity index (χ3v) is 3.01. The van der Waals surface area contributed by atoms with E-state index in [-0.39, 0.29) is 18.1 Å². The fraction of sp³-hybridized carbons (Fsp3) is 0.667. The van der Waals surface area contributed by atoms with Gasteiger partial charge in [0.15, 0.2) is 0 Å². The van der Waals surface area contributed by atoms with Gasteiger partial charge in [-0.3, -0.25) is 9.48 Å². The summed E-state index contributed by atoms with van der Waals surface area (Å²) < 4.78 is 1.73. The Morgan fingerprint density at radius 2 is 2.35 bits per heavy atom. The Morgan fingerprint density at radius 1 is 1.59 bits per heavy atom. The number of hydrogen-bond donors (Lipinski definition) is 2. The van der Waals surface area contributed by atoms with Crippen LogP contribution in [0, 0.1) is 0 Å². The lowest BCUT2D eigenvalue weighted by molar-refractivity contribution is -0.123. The highest BCUT2D eigenvalue weighted by Crippen LogP contribution is 2.13. The topological polar surface area (TPSA) is 67.2 Å². The van der Waals surface area contributed by atoms with Crippen LogP contribution < -0.4 is 5.32 Å². The van der Waals surface area contributed by atoms with Crippen LogP contribution in [0.5, 0.6) is 0 Å². The first-order valence-corrected chi connectivity index (χ1v) is 5.99. The molecule has 0 aliphatic carbocycles. The van der Waals surface area contributed by atoms with Crippen LogP contribution in [0.3, 0.4) is 0 Å². The molecule has 2 N–H and O–H groups in total. The zero-order chi connectivity index (χ0) is 12.7. The van der Waals surface area contributed by atoms with Crippen molar-refractivity contribution in [3.63, 3.8) is 0 Å². The maximum atomic E-state index is 11.8. The normalized spacial score (nSPS) is 14.3. The van der Waals surface area contributed by atoms with Crippen LogP contribution in [0.4, 0.5) is 0 Å². The number of rotatable bonds is 7. The van der Waals surface area contributed by atoms with Gasteiger partial charge in [0.05, 0.1) is 0 Å². The van der Waals surface area contributed by atoms with E-state index >= 15 is 0 Å². The summed E-state index contributed by atoms with van der Waals surface area (Å²) in [6, 6.07) is 1.83. The second-order valence-electron chi connectivity index (χ2n) is 4.46. The highest BCUT2D eigenvalue weighted by atomic mass is 16.3. The van der Waals surface area contributed by atoms with Gasteiger partial charge in [0.25, 0.3) is 0 Å². The highest BCUT2D eigenvalue weighted by molar-refractivity contribution is 5.76. The molecule has 0 bridgehead atoms. The smallest absolute Gasteiger partial charge is 0.222 e. The largest absolute Gasteiger partial charge is 0.396 e. The molecule has 0 saturated carbocycles. The van der Waals surface area contributed by atoms with Crippen molar-refractivity contribution in [2.75, 3.05) is 6.61 Å². The van der Waals surface area contributed by atoms with E-state index in [4.69, 9.17) is 5.11 Å². The fourth-order valence-electron chi connectivity index (χ4n) is 1.62. The van der Waals surface area contributed by atoms with Gasteiger partial charge in [0.2, 0.25) is 5.91 Å². The number of aryl methyl sites for hydroxylation is 1. The van der Waals surface area contributed by atoms with Gasteiger partial charge in [-0.1, -0.05) is 6.92 Å². The molecule has 96 valence electrons. The molecule has 1 amide bonds. The highest BCUT2D eigenvalue weighted by Gasteiger charge is 2.23. The average Bonchev–Trinajstić information content (AvgIpc) is 2.79. The third-order valence-electron chi connectivity index (χ3n) is 3.01. The van der Waals surface area contributed by atoms with Gasteiger partial charge < -0.3 is 10.4 Å². The number of carbonyl (C=O) groups excluding carboxylic acids is 1. The van der Waals surface area contributed by atoms with E-state index in [9.17, 15) is 4.79 Å². The maximum absolute atomic E-state index is 11.8. The van der Waals surface area contributed by atoms with Crippen molar-refractivity contribution in [3.8, 4) is 0 Å². The predicted octanol–water partition coefficient (Wildman–Crippen LogP) is 0.940. The molecule has 5 nitrogen and oxygen atoms in total. The van der Waals surface area contributed by atoms with E-state index in [0.29, 0.717) is 19.4 Å². The Labute approximate surface area is 102 Å². The molecule has 0 aliphatic rings. The van der Waals surface area contributed by atoms with Gasteiger partial charge in [-0.15, -0.1) is 0 Å². The standard InChI is InChI=1S/C12H21N3O2/c1-3-12(2,6-10-16)14-11(17)5-9-15-8-4-7-13-15/h4,7-8,16H,3,5-6,9-10H2,1-2H3,(H,14,17). The fourth-order valence-corrected chi connectivity index (χ4v) is 1.62. The summed E-state index contributed by atoms with van der Waals surface area (Å²) in [6.45, 7) is 4.62. The Balaban J connectivity index is 2.37. The van der Waals surface area contributed by atoms with E-state index in [1.165, 1.54) is 0 Å². The lowest BCUT2D eigenvalue weighted by Gasteiger charge is -2.29. The van der Waals surface area contributed by atoms with Gasteiger partial charge in [0, 0.05) is 37.5 Å². The SMILES string of the molecule is CCC(C)(CCO)NC(=O)CCn1cccn1. The minimum Gasteiger partial charge on any atom is -0.396 e. The van der Waals surface area contributed by atoms with Crippen molar-refractivity contribution in [2.45, 2.75) is 45.2 Å². The molecule has 17 heavy (non-hydrogen) atoms. The van der Waals surface area contributed by atoms with Crippen molar-refractivity contribution < 1.29 is 9.90 Å². The molecule has 1 atom stereocenters. The summed E-state index contributed by atoms with van der Waals surface area (Å²) in [6.07, 6.45) is 5.32. The first kappa shape index (κ1) is 13.7. The molecule has 1 aromatic heterocycles. The molecule has 1 aromatic rings. The Hall–Kier alpha value is -1.36. The predicted molar refractivity (Wildman–Crippen MR) is 65.4 cm³/mol. The first-order valence-electron chi connectivity index (χ1n) is 5.99. The molecule has 1 unspecified atom stereocenters. The van der Waals surface area contributed by atoms with Gasteiger partial charge >= 0.3 is 0 Å². The molecule has 0 fully saturated rings. The van der Waals surface area contributed by atoms with E-state index < -0.39 is 0 Å². The third kappa shape index (κ3) is 4.56. The van der Waals surface area contributed by atoms with Crippen molar-refractivity contribution >= 4 is 5.91 Å². The molecule has 5 heteroatoms. The first-order chi connectivity index (χ1) is 8.09. The molecule has 1 rings (SSSR count). The molecule has 0 saturated heterocycles. The molecule has 0 radical (unpaired) electrons. The number of amides is 1. The molecule has 1 heterocycles. The van der Waals surface area contributed by atoms with Crippen molar-refractivity contribution in [2.24, 2.45) is 0 Å². The summed E-state index contributed by atoms with van der Waals surface area (Å²) >= 11 is 0. The number of nitrogens with zero attached hydrogens (tertiary/aromatic N) is 2. The number of aliphatic hydroxyl groups excluding tert-OH is 1. The van der Waals surface area contributed by atoms with Crippen molar-refractivity contribution in [1.29, 1.82) is 0 Å². The van der Waals surface area contributed by atoms with Crippen molar-refractivity contribution in [3.05, 3.63) is 18.5 Å². The van der Waals surface area contributed by atoms with Crippen LogP contribution in [0.2, 0.25) is 0 Å². The summed E-state index contributed by atoms with van der Waals surface area (Å²) in [4.78, 5) is 11.8. The van der Waals surface area contributed by atoms with Crippen LogP contribution in [0.1, 0.15) is 33.1 Å². The van der Waals surface area contributed by atoms with Crippen LogP contribution in [0.15, 0.2) is 18.5 Å². The molecule has 0 aromatic carbocycles. The summed E-state index contributed by atoms with van der Waals surface area (Å²) in [5.41, 5.74) is -0.310. The Kier molecular flexibility index (Phi) is 5.15. The monoisotopic (exact) mass is 239 g/mol. The number of carbonyl (C=O) groups is 1. The maximum Gasteiger partial charge on any atom is 0.222 e. The number of aliphatic hydroxyl groups is 1. The lowest BCUT2D eigenvalue weighted by Crippen LogP contribution is -2.46. The second-order valence-corrected chi connectivity index (χ2v) is 4.46. The molecular weight excluding hydrogens is 218 g/mol. The quantitative estimate of drug-likeness (QED) is 0.744. The van der Waals surface area contributed by atoms with E-state index in [1.807, 2.05) is 26.1 Å². The van der Waals surface area contributed by atoms with Crippen LogP contribution in [-0.4, -0.2) is 32.9 Å². The Bertz CT molecular complexity index is 338. The Morgan fingerprint density at radius 3 is 2.88 bits per heavy atom. The number of hydrogen-bond acceptors (Lipinski definition) is 3. The second kappa shape index (κ2) is 6.39. The summed E-state index contributed by atoms with van der Waals surface area (Å²) in [5, 5.41) is 16.0. The molecular formula is C12H21N3O2. The zero-order valence-electron chi connectivity index (χ0n) is 10.5. The van der Waals surface area contributed by atoms with Crippen LogP contribution in [0.25, 0.3) is 0 Å². The van der Waals surface area contributed by atoms with Gasteiger partial charge in [-0.05, 0) is 25.8 Å². The van der Waals surface area contributed by atoms with Gasteiger partial charge in [-0.25, -0.2) is 0 Å². The molecule has 0 aliphatic heterocycles. The van der Waals surface area contributed by atoms with Gasteiger partial charge in [-0.2, -0.15) is 5.10 Å². The lowest BCUT2D eigenvalue weighted by atomic mass is 9.95. The minimum absolute atomic E-state index is 0.00157. The van der Waals surface area contributed by atoms with Crippen molar-refractivity contribution in [1.82, 2.24) is 15.1 Å². The van der Waals surface area contributed by atoms with Gasteiger partial charge in [0.1, 0.15) is 0 Å². The average molecular weight is 239 g/mol. The van der Waals surface area contributed by atoms with E-state index in [2.05, 4.69) is 10.4 Å². The summed E-state index contributed by atoms with van der Waals surface area (Å²) in [7, 11) is 0. The van der Waals surface area contributed by atoms with Crippen LogP contribution >= 0.6 is 0 Å². The number of nitrogens with one attached hydrogen (secondary N) is 1. The van der Waals surface area contributed by atoms with E-state index in [0.717, 1.165) is 6.42 Å². The molecule has 0 spiro atoms. The minimum atomic E-state index is -0.310.